The normalized spacial score (nSPS) is 10.2. The van der Waals surface area contributed by atoms with Crippen LogP contribution in [-0.4, -0.2) is 14.9 Å². The second-order valence-corrected chi connectivity index (χ2v) is 3.50. The van der Waals surface area contributed by atoms with E-state index in [1.165, 1.54) is 18.3 Å². The minimum Gasteiger partial charge on any atom is -0.258 e. The fraction of sp³-hybridized carbons (Fsp3) is 0. The van der Waals surface area contributed by atoms with Crippen LogP contribution in [0, 0.1) is 15.9 Å². The summed E-state index contributed by atoms with van der Waals surface area (Å²) in [4.78, 5) is 17.6. The summed E-state index contributed by atoms with van der Waals surface area (Å²) in [5.41, 5.74) is -0.406. The first-order valence-corrected chi connectivity index (χ1v) is 4.88. The van der Waals surface area contributed by atoms with E-state index < -0.39 is 10.7 Å². The van der Waals surface area contributed by atoms with Crippen LogP contribution in [0.25, 0.3) is 11.3 Å². The molecule has 0 aliphatic rings. The summed E-state index contributed by atoms with van der Waals surface area (Å²) in [5.74, 6) is -0.702. The summed E-state index contributed by atoms with van der Waals surface area (Å²) < 4.78 is 13.6. The number of hydrogen-bond donors (Lipinski definition) is 0. The van der Waals surface area contributed by atoms with Crippen molar-refractivity contribution < 1.29 is 9.31 Å². The van der Waals surface area contributed by atoms with Crippen LogP contribution >= 0.6 is 11.6 Å². The number of nitro groups is 1. The molecule has 5 nitrogen and oxygen atoms in total. The number of halogens is 2. The van der Waals surface area contributed by atoms with Gasteiger partial charge in [-0.05, 0) is 6.07 Å². The van der Waals surface area contributed by atoms with Crippen molar-refractivity contribution in [2.75, 3.05) is 0 Å². The van der Waals surface area contributed by atoms with Crippen LogP contribution < -0.4 is 0 Å². The molecule has 17 heavy (non-hydrogen) atoms. The van der Waals surface area contributed by atoms with E-state index >= 15 is 0 Å². The van der Waals surface area contributed by atoms with Gasteiger partial charge >= 0.3 is 0 Å². The van der Waals surface area contributed by atoms with Gasteiger partial charge in [0.15, 0.2) is 5.69 Å². The molecule has 0 aromatic carbocycles. The Labute approximate surface area is 100 Å². The summed E-state index contributed by atoms with van der Waals surface area (Å²) in [7, 11) is 0. The highest BCUT2D eigenvalue weighted by Crippen LogP contribution is 2.29. The van der Waals surface area contributed by atoms with Gasteiger partial charge in [-0.1, -0.05) is 11.6 Å². The number of rotatable bonds is 2. The van der Waals surface area contributed by atoms with Gasteiger partial charge in [-0.25, -0.2) is 14.4 Å². The first-order valence-electron chi connectivity index (χ1n) is 4.50. The molecule has 0 aliphatic carbocycles. The molecular weight excluding hydrogens is 249 g/mol. The highest BCUT2D eigenvalue weighted by molar-refractivity contribution is 6.29. The number of nitrogens with zero attached hydrogens (tertiary/aromatic N) is 3. The van der Waals surface area contributed by atoms with Gasteiger partial charge in [0.05, 0.1) is 10.5 Å². The van der Waals surface area contributed by atoms with Crippen molar-refractivity contribution >= 4 is 17.3 Å². The predicted octanol–water partition coefficient (Wildman–Crippen LogP) is 2.84. The maximum atomic E-state index is 13.6. The zero-order chi connectivity index (χ0) is 12.4. The Hall–Kier alpha value is -2.08. The van der Waals surface area contributed by atoms with Gasteiger partial charge in [-0.2, -0.15) is 0 Å². The molecule has 0 amide bonds. The Morgan fingerprint density at radius 2 is 2.18 bits per heavy atom. The van der Waals surface area contributed by atoms with Gasteiger partial charge in [-0.15, -0.1) is 0 Å². The molecule has 2 aromatic heterocycles. The van der Waals surface area contributed by atoms with Crippen LogP contribution in [0.1, 0.15) is 0 Å². The maximum Gasteiger partial charge on any atom is 0.295 e. The van der Waals surface area contributed by atoms with Gasteiger partial charge in [0, 0.05) is 24.5 Å². The number of pyridine rings is 2. The topological polar surface area (TPSA) is 68.9 Å². The summed E-state index contributed by atoms with van der Waals surface area (Å²) in [5, 5.41) is 10.7. The third kappa shape index (κ3) is 2.21. The monoisotopic (exact) mass is 253 g/mol. The number of aromatic nitrogens is 2. The Kier molecular flexibility index (Phi) is 2.97. The van der Waals surface area contributed by atoms with Crippen molar-refractivity contribution in [3.8, 4) is 11.3 Å². The van der Waals surface area contributed by atoms with E-state index in [2.05, 4.69) is 9.97 Å². The first kappa shape index (κ1) is 11.4. The lowest BCUT2D eigenvalue weighted by molar-refractivity contribution is -0.384. The number of hydrogen-bond acceptors (Lipinski definition) is 4. The molecule has 0 unspecified atom stereocenters. The van der Waals surface area contributed by atoms with Crippen molar-refractivity contribution in [3.05, 3.63) is 51.7 Å². The molecule has 0 atom stereocenters. The maximum absolute atomic E-state index is 13.6. The molecule has 0 bridgehead atoms. The predicted molar refractivity (Wildman–Crippen MR) is 59.1 cm³/mol. The first-order chi connectivity index (χ1) is 8.09. The molecule has 0 radical (unpaired) electrons. The summed E-state index contributed by atoms with van der Waals surface area (Å²) in [6.45, 7) is 0. The molecule has 0 N–H and O–H groups in total. The second kappa shape index (κ2) is 4.42. The lowest BCUT2D eigenvalue weighted by atomic mass is 10.1. The quantitative estimate of drug-likeness (QED) is 0.469. The van der Waals surface area contributed by atoms with Crippen LogP contribution in [0.2, 0.25) is 5.15 Å². The third-order valence-corrected chi connectivity index (χ3v) is 2.27. The fourth-order valence-corrected chi connectivity index (χ4v) is 1.48. The highest BCUT2D eigenvalue weighted by atomic mass is 35.5. The van der Waals surface area contributed by atoms with Crippen LogP contribution in [0.15, 0.2) is 30.6 Å². The van der Waals surface area contributed by atoms with E-state index in [0.717, 1.165) is 12.3 Å². The van der Waals surface area contributed by atoms with Gasteiger partial charge in [0.1, 0.15) is 11.0 Å². The largest absolute Gasteiger partial charge is 0.295 e. The van der Waals surface area contributed by atoms with E-state index in [9.17, 15) is 14.5 Å². The SMILES string of the molecule is O=[N+]([O-])c1cccnc1-c1cnc(Cl)cc1F. The summed E-state index contributed by atoms with van der Waals surface area (Å²) in [6, 6.07) is 3.63. The fourth-order valence-electron chi connectivity index (χ4n) is 1.33. The van der Waals surface area contributed by atoms with Gasteiger partial charge < -0.3 is 0 Å². The average Bonchev–Trinajstić information content (AvgIpc) is 2.29. The van der Waals surface area contributed by atoms with Crippen LogP contribution in [-0.2, 0) is 0 Å². The second-order valence-electron chi connectivity index (χ2n) is 3.12. The Morgan fingerprint density at radius 1 is 1.41 bits per heavy atom. The van der Waals surface area contributed by atoms with Crippen LogP contribution in [0.4, 0.5) is 10.1 Å². The minimum atomic E-state index is -0.702. The van der Waals surface area contributed by atoms with Crippen molar-refractivity contribution in [3.63, 3.8) is 0 Å². The molecular formula is C10H5ClFN3O2. The van der Waals surface area contributed by atoms with Crippen LogP contribution in [0.3, 0.4) is 0 Å². The summed E-state index contributed by atoms with van der Waals surface area (Å²) >= 11 is 5.50. The molecule has 86 valence electrons. The molecule has 7 heteroatoms. The van der Waals surface area contributed by atoms with Crippen molar-refractivity contribution in [2.24, 2.45) is 0 Å². The standard InChI is InChI=1S/C10H5ClFN3O2/c11-9-4-7(12)6(5-14-9)10-8(15(16)17)2-1-3-13-10/h1-5H. The van der Waals surface area contributed by atoms with E-state index in [4.69, 9.17) is 11.6 Å². The smallest absolute Gasteiger partial charge is 0.258 e. The Bertz CT molecular complexity index is 592. The molecule has 2 heterocycles. The van der Waals surface area contributed by atoms with E-state index in [1.54, 1.807) is 0 Å². The Morgan fingerprint density at radius 3 is 2.82 bits per heavy atom. The van der Waals surface area contributed by atoms with Crippen molar-refractivity contribution in [1.29, 1.82) is 0 Å². The van der Waals surface area contributed by atoms with Gasteiger partial charge in [-0.3, -0.25) is 10.1 Å². The zero-order valence-electron chi connectivity index (χ0n) is 8.30. The molecule has 0 aliphatic heterocycles. The molecule has 0 spiro atoms. The van der Waals surface area contributed by atoms with E-state index in [-0.39, 0.29) is 22.1 Å². The average molecular weight is 254 g/mol. The minimum absolute atomic E-state index is 0.0233. The highest BCUT2D eigenvalue weighted by Gasteiger charge is 2.19. The molecule has 0 saturated carbocycles. The lowest BCUT2D eigenvalue weighted by Crippen LogP contribution is -1.96. The van der Waals surface area contributed by atoms with Gasteiger partial charge in [0.25, 0.3) is 5.69 Å². The summed E-state index contributed by atoms with van der Waals surface area (Å²) in [6.07, 6.45) is 2.46. The van der Waals surface area contributed by atoms with Crippen molar-refractivity contribution in [2.45, 2.75) is 0 Å². The van der Waals surface area contributed by atoms with E-state index in [0.29, 0.717) is 0 Å². The Balaban J connectivity index is 2.64. The van der Waals surface area contributed by atoms with Crippen molar-refractivity contribution in [1.82, 2.24) is 9.97 Å². The lowest BCUT2D eigenvalue weighted by Gasteiger charge is -2.02. The van der Waals surface area contributed by atoms with E-state index in [1.807, 2.05) is 0 Å². The van der Waals surface area contributed by atoms with Crippen LogP contribution in [0.5, 0.6) is 0 Å². The molecule has 0 fully saturated rings. The molecule has 0 saturated heterocycles. The van der Waals surface area contributed by atoms with Gasteiger partial charge in [0.2, 0.25) is 0 Å². The molecule has 2 aromatic rings. The third-order valence-electron chi connectivity index (χ3n) is 2.06. The molecule has 2 rings (SSSR count). The zero-order valence-corrected chi connectivity index (χ0v) is 9.06.